The lowest BCUT2D eigenvalue weighted by Gasteiger charge is -2.27. The number of benzene rings is 3. The molecule has 1 aliphatic rings. The van der Waals surface area contributed by atoms with Gasteiger partial charge in [0, 0.05) is 17.2 Å². The van der Waals surface area contributed by atoms with Gasteiger partial charge in [-0.15, -0.1) is 6.58 Å². The summed E-state index contributed by atoms with van der Waals surface area (Å²) in [4.78, 5) is 0. The van der Waals surface area contributed by atoms with Crippen molar-refractivity contribution in [3.8, 4) is 22.6 Å². The summed E-state index contributed by atoms with van der Waals surface area (Å²) < 4.78 is 55.0. The van der Waals surface area contributed by atoms with Crippen LogP contribution in [-0.4, -0.2) is 6.61 Å². The summed E-state index contributed by atoms with van der Waals surface area (Å²) >= 11 is 0. The highest BCUT2D eigenvalue weighted by atomic mass is 19.2. The Balaban J connectivity index is 1.41. The van der Waals surface area contributed by atoms with Gasteiger partial charge in [0.2, 0.25) is 0 Å². The molecule has 0 saturated heterocycles. The maximum absolute atomic E-state index is 14.8. The molecule has 4 rings (SSSR count). The molecule has 1 saturated carbocycles. The first kappa shape index (κ1) is 23.9. The Morgan fingerprint density at radius 3 is 2.21 bits per heavy atom. The fourth-order valence-corrected chi connectivity index (χ4v) is 4.58. The van der Waals surface area contributed by atoms with E-state index in [2.05, 4.69) is 6.58 Å². The zero-order valence-corrected chi connectivity index (χ0v) is 19.3. The molecule has 0 atom stereocenters. The van der Waals surface area contributed by atoms with Gasteiger partial charge in [-0.25, -0.2) is 13.2 Å². The Labute approximate surface area is 199 Å². The van der Waals surface area contributed by atoms with E-state index < -0.39 is 11.6 Å². The zero-order valence-electron chi connectivity index (χ0n) is 19.3. The Kier molecular flexibility index (Phi) is 7.61. The summed E-state index contributed by atoms with van der Waals surface area (Å²) in [6.07, 6.45) is 5.54. The first-order valence-corrected chi connectivity index (χ1v) is 11.7. The molecule has 3 aromatic carbocycles. The second-order valence-electron chi connectivity index (χ2n) is 8.68. The van der Waals surface area contributed by atoms with Crippen LogP contribution in [0.5, 0.6) is 11.5 Å². The van der Waals surface area contributed by atoms with Crippen LogP contribution < -0.4 is 9.47 Å². The van der Waals surface area contributed by atoms with E-state index in [0.717, 1.165) is 25.7 Å². The summed E-state index contributed by atoms with van der Waals surface area (Å²) in [5, 5.41) is 0. The lowest BCUT2D eigenvalue weighted by molar-refractivity contribution is 0.296. The highest BCUT2D eigenvalue weighted by molar-refractivity contribution is 5.65. The topological polar surface area (TPSA) is 18.5 Å². The maximum Gasteiger partial charge on any atom is 0.165 e. The van der Waals surface area contributed by atoms with Gasteiger partial charge in [-0.05, 0) is 79.8 Å². The molecule has 0 aliphatic heterocycles. The molecule has 1 aliphatic carbocycles. The summed E-state index contributed by atoms with van der Waals surface area (Å²) in [6, 6.07) is 14.9. The average Bonchev–Trinajstić information content (AvgIpc) is 2.86. The molecule has 0 N–H and O–H groups in total. The number of allylic oxidation sites excluding steroid dienone is 1. The first-order valence-electron chi connectivity index (χ1n) is 11.7. The van der Waals surface area contributed by atoms with Crippen molar-refractivity contribution in [2.45, 2.75) is 45.1 Å². The van der Waals surface area contributed by atoms with E-state index in [4.69, 9.17) is 9.47 Å². The minimum atomic E-state index is -0.851. The van der Waals surface area contributed by atoms with Crippen molar-refractivity contribution in [3.63, 3.8) is 0 Å². The highest BCUT2D eigenvalue weighted by Crippen LogP contribution is 2.38. The van der Waals surface area contributed by atoms with Gasteiger partial charge in [-0.2, -0.15) is 0 Å². The Morgan fingerprint density at radius 2 is 1.56 bits per heavy atom. The standard InChI is InChI=1S/C29H29F3O2/c1-3-19-5-7-21(8-6-19)26-15-11-22(28(31)29(26)32)18-34-23-12-9-20(10-13-23)25-16-14-24(33-4-2)17-27(25)30/h3,9-17,19,21H,1,4-8,18H2,2H3. The van der Waals surface area contributed by atoms with Crippen LogP contribution >= 0.6 is 0 Å². The van der Waals surface area contributed by atoms with Crippen LogP contribution in [0.25, 0.3) is 11.1 Å². The minimum absolute atomic E-state index is 0.0382. The van der Waals surface area contributed by atoms with Crippen molar-refractivity contribution >= 4 is 0 Å². The van der Waals surface area contributed by atoms with Crippen molar-refractivity contribution in [1.29, 1.82) is 0 Å². The van der Waals surface area contributed by atoms with Gasteiger partial charge in [0.1, 0.15) is 23.9 Å². The zero-order chi connectivity index (χ0) is 24.1. The minimum Gasteiger partial charge on any atom is -0.494 e. The Hall–Kier alpha value is -3.21. The molecule has 0 aromatic heterocycles. The van der Waals surface area contributed by atoms with Gasteiger partial charge in [0.15, 0.2) is 11.6 Å². The van der Waals surface area contributed by atoms with E-state index in [9.17, 15) is 13.2 Å². The van der Waals surface area contributed by atoms with E-state index in [1.54, 1.807) is 48.5 Å². The molecular formula is C29H29F3O2. The second kappa shape index (κ2) is 10.8. The SMILES string of the molecule is C=CC1CCC(c2ccc(COc3ccc(-c4ccc(OCC)cc4F)cc3)c(F)c2F)CC1. The van der Waals surface area contributed by atoms with Crippen molar-refractivity contribution in [2.75, 3.05) is 6.61 Å². The van der Waals surface area contributed by atoms with Crippen LogP contribution in [0.4, 0.5) is 13.2 Å². The molecule has 34 heavy (non-hydrogen) atoms. The number of rotatable bonds is 8. The van der Waals surface area contributed by atoms with E-state index in [-0.39, 0.29) is 23.9 Å². The van der Waals surface area contributed by atoms with Gasteiger partial charge in [0.05, 0.1) is 6.61 Å². The molecule has 2 nitrogen and oxygen atoms in total. The largest absolute Gasteiger partial charge is 0.494 e. The third-order valence-electron chi connectivity index (χ3n) is 6.55. The summed E-state index contributed by atoms with van der Waals surface area (Å²) in [7, 11) is 0. The molecule has 0 spiro atoms. The van der Waals surface area contributed by atoms with Gasteiger partial charge < -0.3 is 9.47 Å². The van der Waals surface area contributed by atoms with Crippen LogP contribution in [0.2, 0.25) is 0 Å². The molecule has 0 unspecified atom stereocenters. The lowest BCUT2D eigenvalue weighted by Crippen LogP contribution is -2.14. The molecular weight excluding hydrogens is 437 g/mol. The van der Waals surface area contributed by atoms with Crippen molar-refractivity contribution in [2.24, 2.45) is 5.92 Å². The predicted molar refractivity (Wildman–Crippen MR) is 129 cm³/mol. The first-order chi connectivity index (χ1) is 16.5. The average molecular weight is 467 g/mol. The van der Waals surface area contributed by atoms with Gasteiger partial charge in [0.25, 0.3) is 0 Å². The monoisotopic (exact) mass is 466 g/mol. The van der Waals surface area contributed by atoms with Crippen molar-refractivity contribution in [1.82, 2.24) is 0 Å². The third kappa shape index (κ3) is 5.30. The Morgan fingerprint density at radius 1 is 0.853 bits per heavy atom. The van der Waals surface area contributed by atoms with Crippen LogP contribution in [0.15, 0.2) is 67.3 Å². The van der Waals surface area contributed by atoms with Crippen LogP contribution in [0.3, 0.4) is 0 Å². The molecule has 0 amide bonds. The molecule has 178 valence electrons. The van der Waals surface area contributed by atoms with Gasteiger partial charge in [-0.3, -0.25) is 0 Å². The van der Waals surface area contributed by atoms with Crippen LogP contribution in [0, 0.1) is 23.4 Å². The van der Waals surface area contributed by atoms with E-state index in [0.29, 0.717) is 40.7 Å². The van der Waals surface area contributed by atoms with Gasteiger partial charge >= 0.3 is 0 Å². The van der Waals surface area contributed by atoms with Gasteiger partial charge in [-0.1, -0.05) is 30.3 Å². The fourth-order valence-electron chi connectivity index (χ4n) is 4.58. The Bertz CT molecular complexity index is 1130. The molecule has 3 aromatic rings. The van der Waals surface area contributed by atoms with Crippen LogP contribution in [-0.2, 0) is 6.61 Å². The molecule has 0 radical (unpaired) electrons. The predicted octanol–water partition coefficient (Wildman–Crippen LogP) is 8.21. The van der Waals surface area contributed by atoms with Crippen LogP contribution in [0.1, 0.15) is 49.7 Å². The highest BCUT2D eigenvalue weighted by Gasteiger charge is 2.25. The smallest absolute Gasteiger partial charge is 0.165 e. The molecule has 0 heterocycles. The molecule has 1 fully saturated rings. The summed E-state index contributed by atoms with van der Waals surface area (Å²) in [5.74, 6) is -0.531. The summed E-state index contributed by atoms with van der Waals surface area (Å²) in [6.45, 7) is 6.05. The second-order valence-corrected chi connectivity index (χ2v) is 8.68. The maximum atomic E-state index is 14.8. The third-order valence-corrected chi connectivity index (χ3v) is 6.55. The quantitative estimate of drug-likeness (QED) is 0.312. The fraction of sp³-hybridized carbons (Fsp3) is 0.310. The number of hydrogen-bond acceptors (Lipinski definition) is 2. The summed E-state index contributed by atoms with van der Waals surface area (Å²) in [5.41, 5.74) is 1.75. The van der Waals surface area contributed by atoms with E-state index in [1.807, 2.05) is 13.0 Å². The lowest BCUT2D eigenvalue weighted by atomic mass is 9.78. The van der Waals surface area contributed by atoms with Crippen molar-refractivity contribution < 1.29 is 22.6 Å². The van der Waals surface area contributed by atoms with Crippen molar-refractivity contribution in [3.05, 3.63) is 95.8 Å². The van der Waals surface area contributed by atoms with E-state index >= 15 is 0 Å². The molecule has 0 bridgehead atoms. The molecule has 5 heteroatoms. The normalized spacial score (nSPS) is 17.9. The number of halogens is 3. The van der Waals surface area contributed by atoms with E-state index in [1.165, 1.54) is 6.07 Å². The number of ether oxygens (including phenoxy) is 2. The number of hydrogen-bond donors (Lipinski definition) is 0.